The molecule has 19 heavy (non-hydrogen) atoms. The summed E-state index contributed by atoms with van der Waals surface area (Å²) < 4.78 is 0. The number of nitrogens with one attached hydrogen (secondary N) is 1. The molecule has 2 atom stereocenters. The fourth-order valence-corrected chi connectivity index (χ4v) is 2.57. The van der Waals surface area contributed by atoms with Gasteiger partial charge in [-0.25, -0.2) is 4.79 Å². The molecule has 0 bridgehead atoms. The number of hydrogen-bond acceptors (Lipinski definition) is 2. The number of likely N-dealkylation sites (tertiary alicyclic amines) is 1. The number of hydrogen-bond donors (Lipinski definition) is 1. The first-order valence-corrected chi connectivity index (χ1v) is 6.66. The highest BCUT2D eigenvalue weighted by molar-refractivity contribution is 5.95. The number of rotatable bonds is 2. The normalized spacial score (nSPS) is 22.4. The lowest BCUT2D eigenvalue weighted by Crippen LogP contribution is -2.37. The Morgan fingerprint density at radius 2 is 1.84 bits per heavy atom. The largest absolute Gasteiger partial charge is 0.322 e. The van der Waals surface area contributed by atoms with Crippen LogP contribution in [0.3, 0.4) is 0 Å². The SMILES string of the molecule is CC(=O)c1ccc(NC(=O)N2CC(C)CC2C)cc1. The monoisotopic (exact) mass is 260 g/mol. The minimum Gasteiger partial charge on any atom is -0.322 e. The second-order valence-electron chi connectivity index (χ2n) is 5.41. The van der Waals surface area contributed by atoms with Crippen LogP contribution in [0.5, 0.6) is 0 Å². The number of Topliss-reactive ketones (excluding diaryl/α,β-unsaturated/α-hetero) is 1. The van der Waals surface area contributed by atoms with Gasteiger partial charge in [0, 0.05) is 23.8 Å². The van der Waals surface area contributed by atoms with Gasteiger partial charge in [-0.15, -0.1) is 0 Å². The van der Waals surface area contributed by atoms with Crippen molar-refractivity contribution in [3.63, 3.8) is 0 Å². The van der Waals surface area contributed by atoms with E-state index >= 15 is 0 Å². The summed E-state index contributed by atoms with van der Waals surface area (Å²) in [6, 6.07) is 7.21. The first kappa shape index (κ1) is 13.6. The van der Waals surface area contributed by atoms with Crippen LogP contribution in [0, 0.1) is 5.92 Å². The van der Waals surface area contributed by atoms with Gasteiger partial charge in [0.2, 0.25) is 0 Å². The average molecular weight is 260 g/mol. The molecule has 1 heterocycles. The van der Waals surface area contributed by atoms with Crippen molar-refractivity contribution in [2.75, 3.05) is 11.9 Å². The van der Waals surface area contributed by atoms with Crippen molar-refractivity contribution >= 4 is 17.5 Å². The summed E-state index contributed by atoms with van der Waals surface area (Å²) >= 11 is 0. The van der Waals surface area contributed by atoms with Crippen LogP contribution < -0.4 is 5.32 Å². The second kappa shape index (κ2) is 5.43. The van der Waals surface area contributed by atoms with Crippen LogP contribution in [0.4, 0.5) is 10.5 Å². The van der Waals surface area contributed by atoms with E-state index in [2.05, 4.69) is 19.2 Å². The minimum atomic E-state index is -0.0626. The Morgan fingerprint density at radius 1 is 1.21 bits per heavy atom. The van der Waals surface area contributed by atoms with Gasteiger partial charge in [0.05, 0.1) is 0 Å². The van der Waals surface area contributed by atoms with Crippen LogP contribution in [-0.2, 0) is 0 Å². The van der Waals surface area contributed by atoms with Crippen LogP contribution in [0.25, 0.3) is 0 Å². The summed E-state index contributed by atoms with van der Waals surface area (Å²) in [5, 5.41) is 2.88. The van der Waals surface area contributed by atoms with E-state index in [-0.39, 0.29) is 17.9 Å². The third-order valence-electron chi connectivity index (χ3n) is 3.59. The lowest BCUT2D eigenvalue weighted by Gasteiger charge is -2.22. The maximum Gasteiger partial charge on any atom is 0.322 e. The predicted molar refractivity (Wildman–Crippen MR) is 75.4 cm³/mol. The maximum atomic E-state index is 12.1. The molecule has 1 aliphatic rings. The van der Waals surface area contributed by atoms with Crippen LogP contribution in [0.2, 0.25) is 0 Å². The van der Waals surface area contributed by atoms with Crippen molar-refractivity contribution in [3.05, 3.63) is 29.8 Å². The summed E-state index contributed by atoms with van der Waals surface area (Å²) in [5.74, 6) is 0.584. The molecule has 2 unspecified atom stereocenters. The standard InChI is InChI=1S/C15H20N2O2/c1-10-8-11(2)17(9-10)15(19)16-14-6-4-13(5-7-14)12(3)18/h4-7,10-11H,8-9H2,1-3H3,(H,16,19). The van der Waals surface area contributed by atoms with E-state index < -0.39 is 0 Å². The predicted octanol–water partition coefficient (Wildman–Crippen LogP) is 3.15. The second-order valence-corrected chi connectivity index (χ2v) is 5.41. The lowest BCUT2D eigenvalue weighted by atomic mass is 10.1. The highest BCUT2D eigenvalue weighted by atomic mass is 16.2. The third kappa shape index (κ3) is 3.13. The van der Waals surface area contributed by atoms with E-state index in [4.69, 9.17) is 0 Å². The molecule has 1 aromatic carbocycles. The summed E-state index contributed by atoms with van der Waals surface area (Å²) in [6.07, 6.45) is 1.05. The van der Waals surface area contributed by atoms with Gasteiger partial charge in [-0.1, -0.05) is 6.92 Å². The van der Waals surface area contributed by atoms with Crippen LogP contribution in [0.15, 0.2) is 24.3 Å². The van der Waals surface area contributed by atoms with Crippen LogP contribution in [0.1, 0.15) is 37.6 Å². The molecular formula is C15H20N2O2. The average Bonchev–Trinajstić information content (AvgIpc) is 2.69. The summed E-state index contributed by atoms with van der Waals surface area (Å²) in [4.78, 5) is 25.2. The molecule has 1 aliphatic heterocycles. The molecule has 0 saturated carbocycles. The fraction of sp³-hybridized carbons (Fsp3) is 0.467. The first-order chi connectivity index (χ1) is 8.97. The third-order valence-corrected chi connectivity index (χ3v) is 3.59. The zero-order chi connectivity index (χ0) is 14.0. The number of amides is 2. The molecule has 1 aromatic rings. The Labute approximate surface area is 113 Å². The molecule has 4 nitrogen and oxygen atoms in total. The van der Waals surface area contributed by atoms with Gasteiger partial charge < -0.3 is 10.2 Å². The Morgan fingerprint density at radius 3 is 2.32 bits per heavy atom. The number of urea groups is 1. The van der Waals surface area contributed by atoms with Crippen LogP contribution in [-0.4, -0.2) is 29.3 Å². The zero-order valence-electron chi connectivity index (χ0n) is 11.6. The molecule has 4 heteroatoms. The minimum absolute atomic E-state index is 0.0277. The molecular weight excluding hydrogens is 240 g/mol. The van der Waals surface area contributed by atoms with Crippen LogP contribution >= 0.6 is 0 Å². The Kier molecular flexibility index (Phi) is 3.88. The Hall–Kier alpha value is -1.84. The van der Waals surface area contributed by atoms with E-state index in [9.17, 15) is 9.59 Å². The molecule has 0 radical (unpaired) electrons. The smallest absolute Gasteiger partial charge is 0.322 e. The van der Waals surface area contributed by atoms with Crippen molar-refractivity contribution < 1.29 is 9.59 Å². The molecule has 0 aliphatic carbocycles. The van der Waals surface area contributed by atoms with Crippen molar-refractivity contribution in [1.29, 1.82) is 0 Å². The van der Waals surface area contributed by atoms with Gasteiger partial charge in [-0.3, -0.25) is 4.79 Å². The van der Waals surface area contributed by atoms with Gasteiger partial charge in [-0.05, 0) is 50.5 Å². The number of nitrogens with zero attached hydrogens (tertiary/aromatic N) is 1. The van der Waals surface area contributed by atoms with Gasteiger partial charge in [0.15, 0.2) is 5.78 Å². The first-order valence-electron chi connectivity index (χ1n) is 6.66. The Bertz CT molecular complexity index is 481. The number of anilines is 1. The summed E-state index contributed by atoms with van der Waals surface area (Å²) in [7, 11) is 0. The molecule has 102 valence electrons. The summed E-state index contributed by atoms with van der Waals surface area (Å²) in [6.45, 7) is 6.56. The highest BCUT2D eigenvalue weighted by Gasteiger charge is 2.29. The van der Waals surface area contributed by atoms with Crippen molar-refractivity contribution in [2.45, 2.75) is 33.2 Å². The van der Waals surface area contributed by atoms with E-state index in [0.717, 1.165) is 18.7 Å². The van der Waals surface area contributed by atoms with Gasteiger partial charge in [0.25, 0.3) is 0 Å². The lowest BCUT2D eigenvalue weighted by molar-refractivity contribution is 0.101. The van der Waals surface area contributed by atoms with Gasteiger partial charge in [0.1, 0.15) is 0 Å². The van der Waals surface area contributed by atoms with Crippen molar-refractivity contribution in [3.8, 4) is 0 Å². The topological polar surface area (TPSA) is 49.4 Å². The van der Waals surface area contributed by atoms with E-state index in [0.29, 0.717) is 11.5 Å². The van der Waals surface area contributed by atoms with E-state index in [1.54, 1.807) is 24.3 Å². The number of carbonyl (C=O) groups is 2. The highest BCUT2D eigenvalue weighted by Crippen LogP contribution is 2.23. The van der Waals surface area contributed by atoms with Gasteiger partial charge in [-0.2, -0.15) is 0 Å². The maximum absolute atomic E-state index is 12.1. The molecule has 2 amide bonds. The fourth-order valence-electron chi connectivity index (χ4n) is 2.57. The number of ketones is 1. The van der Waals surface area contributed by atoms with Crippen molar-refractivity contribution in [1.82, 2.24) is 4.90 Å². The molecule has 0 aromatic heterocycles. The summed E-state index contributed by atoms with van der Waals surface area (Å²) in [5.41, 5.74) is 1.38. The number of benzene rings is 1. The van der Waals surface area contributed by atoms with Crippen molar-refractivity contribution in [2.24, 2.45) is 5.92 Å². The molecule has 0 spiro atoms. The van der Waals surface area contributed by atoms with Gasteiger partial charge >= 0.3 is 6.03 Å². The molecule has 1 saturated heterocycles. The quantitative estimate of drug-likeness (QED) is 0.830. The van der Waals surface area contributed by atoms with E-state index in [1.807, 2.05) is 4.90 Å². The molecule has 1 N–H and O–H groups in total. The number of carbonyl (C=O) groups excluding carboxylic acids is 2. The molecule has 2 rings (SSSR count). The van der Waals surface area contributed by atoms with E-state index in [1.165, 1.54) is 6.92 Å². The zero-order valence-corrected chi connectivity index (χ0v) is 11.6. The molecule has 1 fully saturated rings. The Balaban J connectivity index is 2.01.